The molecule has 4 heteroatoms. The molecule has 1 aromatic rings. The summed E-state index contributed by atoms with van der Waals surface area (Å²) in [5.74, 6) is -0.834. The number of sulfone groups is 1. The fourth-order valence-electron chi connectivity index (χ4n) is 1.33. The van der Waals surface area contributed by atoms with Crippen LogP contribution in [0.4, 0.5) is 0 Å². The lowest BCUT2D eigenvalue weighted by Crippen LogP contribution is -2.14. The second kappa shape index (κ2) is 6.35. The summed E-state index contributed by atoms with van der Waals surface area (Å²) in [5, 5.41) is 0. The highest BCUT2D eigenvalue weighted by atomic mass is 32.2. The summed E-state index contributed by atoms with van der Waals surface area (Å²) < 4.78 is 23.6. The second-order valence-corrected chi connectivity index (χ2v) is 5.72. The topological polar surface area (TPSA) is 51.2 Å². The number of allylic oxidation sites excluding steroid dienone is 2. The number of unbranched alkanes of at least 4 members (excludes halogenated alkanes) is 1. The lowest BCUT2D eigenvalue weighted by atomic mass is 10.3. The Hall–Kier alpha value is -1.42. The third-order valence-corrected chi connectivity index (χ3v) is 3.85. The Balaban J connectivity index is 2.71. The van der Waals surface area contributed by atoms with Gasteiger partial charge in [-0.25, -0.2) is 8.42 Å². The Morgan fingerprint density at radius 3 is 2.47 bits per heavy atom. The van der Waals surface area contributed by atoms with E-state index in [1.807, 2.05) is 6.92 Å². The summed E-state index contributed by atoms with van der Waals surface area (Å²) in [6, 6.07) is 8.02. The standard InChI is InChI=1S/C13H16O3S/c1-2-3-5-8-12(14)11-17(15,16)13-9-6-4-7-10-13/h4-10H,2-3,11H2,1H3. The molecule has 0 radical (unpaired) electrons. The fourth-order valence-corrected chi connectivity index (χ4v) is 2.54. The largest absolute Gasteiger partial charge is 0.294 e. The van der Waals surface area contributed by atoms with Crippen LogP contribution < -0.4 is 0 Å². The molecule has 1 rings (SSSR count). The molecule has 0 heterocycles. The zero-order chi connectivity index (χ0) is 12.7. The van der Waals surface area contributed by atoms with E-state index >= 15 is 0 Å². The van der Waals surface area contributed by atoms with Crippen LogP contribution in [0.25, 0.3) is 0 Å². The molecule has 0 atom stereocenters. The van der Waals surface area contributed by atoms with E-state index in [2.05, 4.69) is 0 Å². The van der Waals surface area contributed by atoms with Crippen LogP contribution in [-0.4, -0.2) is 20.0 Å². The van der Waals surface area contributed by atoms with Gasteiger partial charge in [0.25, 0.3) is 0 Å². The number of carbonyl (C=O) groups is 1. The van der Waals surface area contributed by atoms with Crippen LogP contribution in [0, 0.1) is 0 Å². The predicted octanol–water partition coefficient (Wildman–Crippen LogP) is 2.39. The average molecular weight is 252 g/mol. The highest BCUT2D eigenvalue weighted by molar-refractivity contribution is 7.92. The summed E-state index contributed by atoms with van der Waals surface area (Å²) in [5.41, 5.74) is 0. The molecule has 3 nitrogen and oxygen atoms in total. The molecule has 17 heavy (non-hydrogen) atoms. The van der Waals surface area contributed by atoms with E-state index in [9.17, 15) is 13.2 Å². The summed E-state index contributed by atoms with van der Waals surface area (Å²) in [7, 11) is -3.50. The van der Waals surface area contributed by atoms with E-state index in [4.69, 9.17) is 0 Å². The SMILES string of the molecule is CCCC=CC(=O)CS(=O)(=O)c1ccccc1. The molecule has 0 amide bonds. The first-order valence-electron chi connectivity index (χ1n) is 5.53. The molecule has 0 N–H and O–H groups in total. The van der Waals surface area contributed by atoms with E-state index in [1.165, 1.54) is 18.2 Å². The van der Waals surface area contributed by atoms with Gasteiger partial charge in [0.15, 0.2) is 15.6 Å². The van der Waals surface area contributed by atoms with Gasteiger partial charge in [-0.3, -0.25) is 4.79 Å². The highest BCUT2D eigenvalue weighted by Crippen LogP contribution is 2.10. The minimum atomic E-state index is -3.50. The molecule has 0 spiro atoms. The molecule has 0 saturated heterocycles. The van der Waals surface area contributed by atoms with Gasteiger partial charge in [0.1, 0.15) is 5.75 Å². The van der Waals surface area contributed by atoms with Gasteiger partial charge in [0, 0.05) is 0 Å². The lowest BCUT2D eigenvalue weighted by Gasteiger charge is -2.01. The first-order valence-corrected chi connectivity index (χ1v) is 7.18. The van der Waals surface area contributed by atoms with Crippen molar-refractivity contribution in [2.75, 3.05) is 5.75 Å². The smallest absolute Gasteiger partial charge is 0.185 e. The van der Waals surface area contributed by atoms with Gasteiger partial charge in [-0.1, -0.05) is 37.6 Å². The number of benzene rings is 1. The molecular weight excluding hydrogens is 236 g/mol. The molecule has 0 aliphatic rings. The van der Waals surface area contributed by atoms with Crippen LogP contribution in [0.3, 0.4) is 0 Å². The number of hydrogen-bond acceptors (Lipinski definition) is 3. The molecule has 0 bridgehead atoms. The maximum atomic E-state index is 11.8. The first kappa shape index (κ1) is 13.6. The summed E-state index contributed by atoms with van der Waals surface area (Å²) in [6.45, 7) is 2.00. The van der Waals surface area contributed by atoms with Crippen molar-refractivity contribution in [3.05, 3.63) is 42.5 Å². The normalized spacial score (nSPS) is 11.8. The van der Waals surface area contributed by atoms with Crippen LogP contribution >= 0.6 is 0 Å². The van der Waals surface area contributed by atoms with Crippen LogP contribution in [0.5, 0.6) is 0 Å². The number of ketones is 1. The number of hydrogen-bond donors (Lipinski definition) is 0. The number of rotatable bonds is 6. The highest BCUT2D eigenvalue weighted by Gasteiger charge is 2.16. The van der Waals surface area contributed by atoms with E-state index in [-0.39, 0.29) is 10.7 Å². The Bertz CT molecular complexity index is 487. The number of carbonyl (C=O) groups excluding carboxylic acids is 1. The Morgan fingerprint density at radius 2 is 1.88 bits per heavy atom. The Morgan fingerprint density at radius 1 is 1.24 bits per heavy atom. The van der Waals surface area contributed by atoms with E-state index < -0.39 is 15.6 Å². The molecule has 0 aliphatic heterocycles. The third kappa shape index (κ3) is 4.53. The van der Waals surface area contributed by atoms with Crippen LogP contribution in [0.15, 0.2) is 47.4 Å². The fraction of sp³-hybridized carbons (Fsp3) is 0.308. The maximum Gasteiger partial charge on any atom is 0.185 e. The van der Waals surface area contributed by atoms with E-state index in [0.29, 0.717) is 0 Å². The minimum absolute atomic E-state index is 0.192. The van der Waals surface area contributed by atoms with Crippen LogP contribution in [0.2, 0.25) is 0 Å². The molecule has 0 aromatic heterocycles. The average Bonchev–Trinajstić information content (AvgIpc) is 2.30. The molecule has 92 valence electrons. The van der Waals surface area contributed by atoms with Gasteiger partial charge in [-0.2, -0.15) is 0 Å². The molecule has 1 aromatic carbocycles. The van der Waals surface area contributed by atoms with Crippen molar-refractivity contribution in [1.82, 2.24) is 0 Å². The first-order chi connectivity index (χ1) is 8.06. The third-order valence-electron chi connectivity index (χ3n) is 2.19. The monoisotopic (exact) mass is 252 g/mol. The van der Waals surface area contributed by atoms with Crippen LogP contribution in [-0.2, 0) is 14.6 Å². The second-order valence-electron chi connectivity index (χ2n) is 3.73. The Labute approximate surface area is 102 Å². The molecule has 0 aliphatic carbocycles. The molecule has 0 fully saturated rings. The van der Waals surface area contributed by atoms with Crippen molar-refractivity contribution in [2.24, 2.45) is 0 Å². The summed E-state index contributed by atoms with van der Waals surface area (Å²) in [4.78, 5) is 11.6. The Kier molecular flexibility index (Phi) is 5.10. The van der Waals surface area contributed by atoms with E-state index in [1.54, 1.807) is 24.3 Å². The van der Waals surface area contributed by atoms with Crippen molar-refractivity contribution in [2.45, 2.75) is 24.7 Å². The molecular formula is C13H16O3S. The van der Waals surface area contributed by atoms with Gasteiger partial charge >= 0.3 is 0 Å². The van der Waals surface area contributed by atoms with Gasteiger partial charge in [0.2, 0.25) is 0 Å². The molecule has 0 saturated carbocycles. The van der Waals surface area contributed by atoms with Gasteiger partial charge < -0.3 is 0 Å². The maximum absolute atomic E-state index is 11.8. The lowest BCUT2D eigenvalue weighted by molar-refractivity contribution is -0.112. The van der Waals surface area contributed by atoms with Crippen molar-refractivity contribution < 1.29 is 13.2 Å². The minimum Gasteiger partial charge on any atom is -0.294 e. The zero-order valence-electron chi connectivity index (χ0n) is 9.80. The quantitative estimate of drug-likeness (QED) is 0.730. The van der Waals surface area contributed by atoms with Gasteiger partial charge in [0.05, 0.1) is 4.90 Å². The van der Waals surface area contributed by atoms with Crippen molar-refractivity contribution in [1.29, 1.82) is 0 Å². The summed E-state index contributed by atoms with van der Waals surface area (Å²) >= 11 is 0. The predicted molar refractivity (Wildman–Crippen MR) is 67.5 cm³/mol. The van der Waals surface area contributed by atoms with Crippen molar-refractivity contribution in [3.63, 3.8) is 0 Å². The van der Waals surface area contributed by atoms with Gasteiger partial charge in [-0.15, -0.1) is 0 Å². The van der Waals surface area contributed by atoms with Crippen molar-refractivity contribution >= 4 is 15.6 Å². The van der Waals surface area contributed by atoms with Gasteiger partial charge in [-0.05, 0) is 24.6 Å². The van der Waals surface area contributed by atoms with Crippen molar-refractivity contribution in [3.8, 4) is 0 Å². The van der Waals surface area contributed by atoms with E-state index in [0.717, 1.165) is 12.8 Å². The summed E-state index contributed by atoms with van der Waals surface area (Å²) in [6.07, 6.45) is 4.79. The van der Waals surface area contributed by atoms with Crippen LogP contribution in [0.1, 0.15) is 19.8 Å². The zero-order valence-corrected chi connectivity index (χ0v) is 10.6. The molecule has 0 unspecified atom stereocenters.